The van der Waals surface area contributed by atoms with Gasteiger partial charge in [0.25, 0.3) is 0 Å². The molecular weight excluding hydrogens is 424 g/mol. The lowest BCUT2D eigenvalue weighted by Gasteiger charge is -2.32. The summed E-state index contributed by atoms with van der Waals surface area (Å²) in [6.07, 6.45) is 8.38. The molecule has 0 radical (unpaired) electrons. The van der Waals surface area contributed by atoms with Gasteiger partial charge < -0.3 is 14.5 Å². The van der Waals surface area contributed by atoms with Crippen LogP contribution in [-0.2, 0) is 24.1 Å². The first-order valence-electron chi connectivity index (χ1n) is 12.0. The Balaban J connectivity index is 1.36. The number of hydrogen-bond acceptors (Lipinski definition) is 4. The van der Waals surface area contributed by atoms with Crippen LogP contribution in [0.1, 0.15) is 47.9 Å². The van der Waals surface area contributed by atoms with E-state index in [2.05, 4.69) is 78.4 Å². The third kappa shape index (κ3) is 5.93. The van der Waals surface area contributed by atoms with Crippen molar-refractivity contribution in [3.63, 3.8) is 0 Å². The zero-order valence-electron chi connectivity index (χ0n) is 20.1. The second-order valence-corrected chi connectivity index (χ2v) is 10.2. The Morgan fingerprint density at radius 3 is 2.61 bits per heavy atom. The zero-order chi connectivity index (χ0) is 23.2. The molecule has 0 aromatic heterocycles. The first-order valence-corrected chi connectivity index (χ1v) is 12.8. The van der Waals surface area contributed by atoms with Crippen LogP contribution in [0.2, 0.25) is 0 Å². The van der Waals surface area contributed by atoms with Gasteiger partial charge in [-0.25, -0.2) is 0 Å². The fraction of sp³-hybridized carbons (Fsp3) is 0.379. The second kappa shape index (κ2) is 11.1. The highest BCUT2D eigenvalue weighted by molar-refractivity contribution is 8.06. The van der Waals surface area contributed by atoms with Crippen LogP contribution in [0, 0.1) is 0 Å². The van der Waals surface area contributed by atoms with Gasteiger partial charge in [0.15, 0.2) is 0 Å². The molecule has 4 rings (SSSR count). The Kier molecular flexibility index (Phi) is 8.00. The summed E-state index contributed by atoms with van der Waals surface area (Å²) in [5.74, 6) is 0.650. The van der Waals surface area contributed by atoms with Crippen LogP contribution < -0.4 is 4.90 Å². The highest BCUT2D eigenvalue weighted by atomic mass is 32.2. The lowest BCUT2D eigenvalue weighted by molar-refractivity contribution is 0.0853. The molecule has 174 valence electrons. The van der Waals surface area contributed by atoms with Crippen molar-refractivity contribution in [3.8, 4) is 0 Å². The minimum atomic E-state index is 0.650. The van der Waals surface area contributed by atoms with E-state index in [1.807, 2.05) is 25.0 Å². The van der Waals surface area contributed by atoms with E-state index in [0.717, 1.165) is 57.0 Å². The van der Waals surface area contributed by atoms with Crippen LogP contribution in [0.4, 0.5) is 5.69 Å². The molecule has 0 atom stereocenters. The van der Waals surface area contributed by atoms with E-state index < -0.39 is 0 Å². The van der Waals surface area contributed by atoms with Crippen LogP contribution in [-0.4, -0.2) is 31.7 Å². The minimum Gasteiger partial charge on any atom is -0.381 e. The van der Waals surface area contributed by atoms with Crippen molar-refractivity contribution < 1.29 is 4.74 Å². The zero-order valence-corrected chi connectivity index (χ0v) is 20.9. The van der Waals surface area contributed by atoms with Crippen molar-refractivity contribution in [2.45, 2.75) is 45.1 Å². The van der Waals surface area contributed by atoms with Gasteiger partial charge in [-0.2, -0.15) is 0 Å². The van der Waals surface area contributed by atoms with E-state index in [-0.39, 0.29) is 0 Å². The smallest absolute Gasteiger partial charge is 0.0682 e. The molecule has 4 heteroatoms. The van der Waals surface area contributed by atoms with Crippen molar-refractivity contribution in [2.75, 3.05) is 31.7 Å². The molecular formula is C29H36N2OS. The highest BCUT2D eigenvalue weighted by Gasteiger charge is 2.20. The van der Waals surface area contributed by atoms with Crippen molar-refractivity contribution in [1.29, 1.82) is 0 Å². The molecule has 2 aliphatic heterocycles. The Labute approximate surface area is 203 Å². The van der Waals surface area contributed by atoms with Crippen LogP contribution in [0.3, 0.4) is 0 Å². The molecule has 0 aliphatic carbocycles. The molecule has 0 unspecified atom stereocenters. The Morgan fingerprint density at radius 2 is 1.91 bits per heavy atom. The molecule has 1 saturated heterocycles. The standard InChI is InChI=1S/C29H36N2OS/c1-5-29(19-23-7-9-24(10-8-23)26-14-17-32-18-15-26)33-22(3)31-16-13-25-11-12-28(30(4)6-2)20-27(25)21-31/h5-12,20,26H,2-3,13-19,21H2,1,4H3/b29-5-. The number of hydrogen-bond donors (Lipinski definition) is 0. The van der Waals surface area contributed by atoms with Gasteiger partial charge in [0.05, 0.1) is 5.03 Å². The Hall–Kier alpha value is -2.43. The van der Waals surface area contributed by atoms with E-state index in [0.29, 0.717) is 5.92 Å². The van der Waals surface area contributed by atoms with Gasteiger partial charge in [-0.1, -0.05) is 61.3 Å². The first kappa shape index (κ1) is 23.7. The molecule has 2 heterocycles. The molecule has 3 nitrogen and oxygen atoms in total. The summed E-state index contributed by atoms with van der Waals surface area (Å²) in [6, 6.07) is 16.0. The first-order chi connectivity index (χ1) is 16.1. The molecule has 0 N–H and O–H groups in total. The normalized spacial score (nSPS) is 16.9. The predicted molar refractivity (Wildman–Crippen MR) is 143 cm³/mol. The summed E-state index contributed by atoms with van der Waals surface area (Å²) in [4.78, 5) is 5.83. The summed E-state index contributed by atoms with van der Waals surface area (Å²) in [6.45, 7) is 14.2. The van der Waals surface area contributed by atoms with Gasteiger partial charge in [0.2, 0.25) is 0 Å². The summed E-state index contributed by atoms with van der Waals surface area (Å²) in [5.41, 5.74) is 6.83. The van der Waals surface area contributed by atoms with Gasteiger partial charge in [-0.05, 0) is 77.6 Å². The lowest BCUT2D eigenvalue weighted by atomic mass is 9.91. The number of ether oxygens (including phenoxy) is 1. The fourth-order valence-electron chi connectivity index (χ4n) is 4.63. The van der Waals surface area contributed by atoms with E-state index in [4.69, 9.17) is 4.74 Å². The molecule has 1 fully saturated rings. The van der Waals surface area contributed by atoms with Gasteiger partial charge >= 0.3 is 0 Å². The van der Waals surface area contributed by atoms with Gasteiger partial charge in [0.1, 0.15) is 0 Å². The monoisotopic (exact) mass is 460 g/mol. The summed E-state index contributed by atoms with van der Waals surface area (Å²) >= 11 is 1.82. The summed E-state index contributed by atoms with van der Waals surface area (Å²) in [5, 5.41) is 1.13. The topological polar surface area (TPSA) is 15.7 Å². The molecule has 2 aromatic rings. The average molecular weight is 461 g/mol. The molecule has 0 bridgehead atoms. The van der Waals surface area contributed by atoms with E-state index in [1.165, 1.54) is 32.8 Å². The third-order valence-electron chi connectivity index (χ3n) is 6.86. The molecule has 2 aliphatic rings. The van der Waals surface area contributed by atoms with Crippen LogP contribution in [0.15, 0.2) is 77.8 Å². The van der Waals surface area contributed by atoms with Gasteiger partial charge in [0, 0.05) is 45.5 Å². The van der Waals surface area contributed by atoms with E-state index in [9.17, 15) is 0 Å². The SMILES string of the molecule is C=CN(C)c1ccc2c(c1)CN(C(=C)S/C(=C\C)Cc1ccc(C3CCOCC3)cc1)CC2. The molecule has 0 amide bonds. The number of benzene rings is 2. The van der Waals surface area contributed by atoms with Crippen LogP contribution >= 0.6 is 11.8 Å². The number of thioether (sulfide) groups is 1. The Bertz CT molecular complexity index is 1000. The minimum absolute atomic E-state index is 0.650. The summed E-state index contributed by atoms with van der Waals surface area (Å²) < 4.78 is 5.51. The molecule has 0 saturated carbocycles. The molecule has 0 spiro atoms. The second-order valence-electron chi connectivity index (χ2n) is 8.97. The van der Waals surface area contributed by atoms with Crippen molar-refractivity contribution in [3.05, 3.63) is 100 Å². The van der Waals surface area contributed by atoms with Crippen molar-refractivity contribution in [2.24, 2.45) is 0 Å². The van der Waals surface area contributed by atoms with Crippen LogP contribution in [0.25, 0.3) is 0 Å². The van der Waals surface area contributed by atoms with Gasteiger partial charge in [-0.3, -0.25) is 0 Å². The van der Waals surface area contributed by atoms with Crippen molar-refractivity contribution >= 4 is 17.4 Å². The molecule has 33 heavy (non-hydrogen) atoms. The lowest BCUT2D eigenvalue weighted by Crippen LogP contribution is -2.28. The number of nitrogens with zero attached hydrogens (tertiary/aromatic N) is 2. The Morgan fingerprint density at radius 1 is 1.15 bits per heavy atom. The number of anilines is 1. The number of rotatable bonds is 8. The highest BCUT2D eigenvalue weighted by Crippen LogP contribution is 2.34. The molecule has 2 aromatic carbocycles. The van der Waals surface area contributed by atoms with Crippen LogP contribution in [0.5, 0.6) is 0 Å². The van der Waals surface area contributed by atoms with E-state index >= 15 is 0 Å². The number of fused-ring (bicyclic) bond motifs is 1. The maximum absolute atomic E-state index is 5.51. The largest absolute Gasteiger partial charge is 0.381 e. The quantitative estimate of drug-likeness (QED) is 0.427. The summed E-state index contributed by atoms with van der Waals surface area (Å²) in [7, 11) is 2.04. The van der Waals surface area contributed by atoms with Crippen molar-refractivity contribution in [1.82, 2.24) is 4.90 Å². The predicted octanol–water partition coefficient (Wildman–Crippen LogP) is 6.87. The van der Waals surface area contributed by atoms with Gasteiger partial charge in [-0.15, -0.1) is 0 Å². The number of allylic oxidation sites excluding steroid dienone is 2. The maximum Gasteiger partial charge on any atom is 0.0682 e. The average Bonchev–Trinajstić information content (AvgIpc) is 2.88. The van der Waals surface area contributed by atoms with E-state index in [1.54, 1.807) is 0 Å². The third-order valence-corrected chi connectivity index (χ3v) is 7.99. The fourth-order valence-corrected chi connectivity index (χ4v) is 5.58. The maximum atomic E-state index is 5.51.